The first kappa shape index (κ1) is 6.58. The number of nitrogens with one attached hydrogen (secondary N) is 1. The van der Waals surface area contributed by atoms with Gasteiger partial charge in [0.1, 0.15) is 0 Å². The maximum atomic E-state index is 5.90. The molecule has 2 fully saturated rings. The van der Waals surface area contributed by atoms with Crippen LogP contribution in [0, 0.1) is 5.92 Å². The van der Waals surface area contributed by atoms with Crippen LogP contribution in [0.15, 0.2) is 0 Å². The Balaban J connectivity index is 2.03. The lowest BCUT2D eigenvalue weighted by atomic mass is 9.93. The van der Waals surface area contributed by atoms with Crippen molar-refractivity contribution in [1.82, 2.24) is 5.32 Å². The summed E-state index contributed by atoms with van der Waals surface area (Å²) in [5.41, 5.74) is 5.90. The minimum Gasteiger partial charge on any atom is -0.376 e. The summed E-state index contributed by atoms with van der Waals surface area (Å²) in [4.78, 5) is 0. The van der Waals surface area contributed by atoms with Crippen molar-refractivity contribution in [1.29, 1.82) is 0 Å². The number of rotatable bonds is 0. The van der Waals surface area contributed by atoms with E-state index in [1.807, 2.05) is 0 Å². The molecule has 0 bridgehead atoms. The number of hydrogen-bond acceptors (Lipinski definition) is 3. The van der Waals surface area contributed by atoms with Gasteiger partial charge in [-0.1, -0.05) is 0 Å². The summed E-state index contributed by atoms with van der Waals surface area (Å²) in [5, 5.41) is 3.29. The average Bonchev–Trinajstić information content (AvgIpc) is 2.36. The highest BCUT2D eigenvalue weighted by molar-refractivity contribution is 4.91. The molecule has 0 aromatic heterocycles. The van der Waals surface area contributed by atoms with E-state index in [0.29, 0.717) is 18.1 Å². The van der Waals surface area contributed by atoms with Crippen molar-refractivity contribution < 1.29 is 4.74 Å². The van der Waals surface area contributed by atoms with Crippen LogP contribution in [0.1, 0.15) is 6.42 Å². The summed E-state index contributed by atoms with van der Waals surface area (Å²) in [6.07, 6.45) is 1.44. The average molecular weight is 142 g/mol. The number of hydrogen-bond donors (Lipinski definition) is 2. The zero-order valence-corrected chi connectivity index (χ0v) is 6.05. The summed E-state index contributed by atoms with van der Waals surface area (Å²) in [6, 6.07) is 0.369. The monoisotopic (exact) mass is 142 g/mol. The van der Waals surface area contributed by atoms with Gasteiger partial charge in [-0.25, -0.2) is 0 Å². The molecule has 2 saturated heterocycles. The number of fused-ring (bicyclic) bond motifs is 1. The highest BCUT2D eigenvalue weighted by Gasteiger charge is 2.35. The van der Waals surface area contributed by atoms with E-state index >= 15 is 0 Å². The smallest absolute Gasteiger partial charge is 0.0754 e. The molecule has 0 saturated carbocycles. The van der Waals surface area contributed by atoms with Crippen LogP contribution >= 0.6 is 0 Å². The third-order valence-electron chi connectivity index (χ3n) is 2.54. The zero-order chi connectivity index (χ0) is 6.97. The van der Waals surface area contributed by atoms with Gasteiger partial charge in [-0.3, -0.25) is 0 Å². The third kappa shape index (κ3) is 0.944. The van der Waals surface area contributed by atoms with Crippen LogP contribution in [0.3, 0.4) is 0 Å². The van der Waals surface area contributed by atoms with Crippen molar-refractivity contribution in [3.8, 4) is 0 Å². The van der Waals surface area contributed by atoms with Gasteiger partial charge in [-0.05, 0) is 6.42 Å². The highest BCUT2D eigenvalue weighted by Crippen LogP contribution is 2.22. The van der Waals surface area contributed by atoms with E-state index in [-0.39, 0.29) is 0 Å². The van der Waals surface area contributed by atoms with Gasteiger partial charge in [0.05, 0.1) is 6.10 Å². The molecular formula is C7H14N2O. The van der Waals surface area contributed by atoms with Gasteiger partial charge in [-0.15, -0.1) is 0 Å². The second-order valence-corrected chi connectivity index (χ2v) is 3.18. The fourth-order valence-electron chi connectivity index (χ4n) is 1.85. The molecule has 0 radical (unpaired) electrons. The topological polar surface area (TPSA) is 47.3 Å². The first-order chi connectivity index (χ1) is 4.88. The molecule has 0 aliphatic carbocycles. The van der Waals surface area contributed by atoms with Crippen molar-refractivity contribution in [3.05, 3.63) is 0 Å². The van der Waals surface area contributed by atoms with Crippen molar-refractivity contribution in [2.75, 3.05) is 19.7 Å². The molecule has 3 nitrogen and oxygen atoms in total. The lowest BCUT2D eigenvalue weighted by Gasteiger charge is -2.30. The van der Waals surface area contributed by atoms with Gasteiger partial charge in [0.15, 0.2) is 0 Å². The molecule has 0 aromatic rings. The normalized spacial score (nSPS) is 47.1. The Morgan fingerprint density at radius 1 is 1.40 bits per heavy atom. The second kappa shape index (κ2) is 2.49. The lowest BCUT2D eigenvalue weighted by molar-refractivity contribution is -0.00927. The second-order valence-electron chi connectivity index (χ2n) is 3.18. The van der Waals surface area contributed by atoms with Gasteiger partial charge < -0.3 is 15.8 Å². The molecule has 0 spiro atoms. The highest BCUT2D eigenvalue weighted by atomic mass is 16.5. The molecule has 3 N–H and O–H groups in total. The van der Waals surface area contributed by atoms with Crippen molar-refractivity contribution in [2.24, 2.45) is 11.7 Å². The molecule has 2 heterocycles. The Bertz CT molecular complexity index is 129. The van der Waals surface area contributed by atoms with Crippen molar-refractivity contribution in [3.63, 3.8) is 0 Å². The summed E-state index contributed by atoms with van der Waals surface area (Å²) < 4.78 is 5.53. The van der Waals surface area contributed by atoms with E-state index in [4.69, 9.17) is 10.5 Å². The number of nitrogens with two attached hydrogens (primary N) is 1. The maximum absolute atomic E-state index is 5.90. The molecule has 2 aliphatic rings. The maximum Gasteiger partial charge on any atom is 0.0754 e. The Labute approximate surface area is 60.9 Å². The summed E-state index contributed by atoms with van der Waals surface area (Å²) in [6.45, 7) is 2.90. The SMILES string of the molecule is NC1CCOC2CNCC12. The van der Waals surface area contributed by atoms with Crippen LogP contribution in [-0.2, 0) is 4.74 Å². The molecule has 3 heteroatoms. The molecular weight excluding hydrogens is 128 g/mol. The largest absolute Gasteiger partial charge is 0.376 e. The van der Waals surface area contributed by atoms with Crippen LogP contribution in [-0.4, -0.2) is 31.8 Å². The quantitative estimate of drug-likeness (QED) is 0.471. The number of ether oxygens (including phenoxy) is 1. The Hall–Kier alpha value is -0.120. The van der Waals surface area contributed by atoms with Crippen LogP contribution in [0.5, 0.6) is 0 Å². The molecule has 10 heavy (non-hydrogen) atoms. The molecule has 58 valence electrons. The zero-order valence-electron chi connectivity index (χ0n) is 6.05. The molecule has 0 amide bonds. The summed E-state index contributed by atoms with van der Waals surface area (Å²) in [7, 11) is 0. The van der Waals surface area contributed by atoms with Gasteiger partial charge in [0.2, 0.25) is 0 Å². The van der Waals surface area contributed by atoms with E-state index < -0.39 is 0 Å². The van der Waals surface area contributed by atoms with E-state index in [9.17, 15) is 0 Å². The van der Waals surface area contributed by atoms with E-state index in [2.05, 4.69) is 5.32 Å². The Morgan fingerprint density at radius 2 is 2.30 bits per heavy atom. The minimum atomic E-state index is 0.369. The Morgan fingerprint density at radius 3 is 3.10 bits per heavy atom. The molecule has 2 aliphatic heterocycles. The predicted molar refractivity (Wildman–Crippen MR) is 38.7 cm³/mol. The summed E-state index contributed by atoms with van der Waals surface area (Å²) >= 11 is 0. The van der Waals surface area contributed by atoms with Crippen molar-refractivity contribution in [2.45, 2.75) is 18.6 Å². The van der Waals surface area contributed by atoms with E-state index in [1.54, 1.807) is 0 Å². The van der Waals surface area contributed by atoms with Gasteiger partial charge in [0.25, 0.3) is 0 Å². The predicted octanol–water partition coefficient (Wildman–Crippen LogP) is -0.678. The first-order valence-corrected chi connectivity index (χ1v) is 3.96. The van der Waals surface area contributed by atoms with Crippen LogP contribution in [0.25, 0.3) is 0 Å². The molecule has 2 rings (SSSR count). The fourth-order valence-corrected chi connectivity index (χ4v) is 1.85. The van der Waals surface area contributed by atoms with Crippen LogP contribution in [0.4, 0.5) is 0 Å². The standard InChI is InChI=1S/C7H14N2O/c8-6-1-2-10-7-4-9-3-5(6)7/h5-7,9H,1-4,8H2. The van der Waals surface area contributed by atoms with Gasteiger partial charge in [-0.2, -0.15) is 0 Å². The van der Waals surface area contributed by atoms with Crippen LogP contribution < -0.4 is 11.1 Å². The Kier molecular flexibility index (Phi) is 1.64. The lowest BCUT2D eigenvalue weighted by Crippen LogP contribution is -2.43. The molecule has 3 atom stereocenters. The van der Waals surface area contributed by atoms with E-state index in [0.717, 1.165) is 26.1 Å². The molecule has 0 aromatic carbocycles. The first-order valence-electron chi connectivity index (χ1n) is 3.96. The third-order valence-corrected chi connectivity index (χ3v) is 2.54. The summed E-state index contributed by atoms with van der Waals surface area (Å²) in [5.74, 6) is 0.578. The van der Waals surface area contributed by atoms with Gasteiger partial charge >= 0.3 is 0 Å². The fraction of sp³-hybridized carbons (Fsp3) is 1.00. The van der Waals surface area contributed by atoms with E-state index in [1.165, 1.54) is 0 Å². The van der Waals surface area contributed by atoms with Crippen LogP contribution in [0.2, 0.25) is 0 Å². The van der Waals surface area contributed by atoms with Gasteiger partial charge in [0, 0.05) is 31.7 Å². The molecule has 3 unspecified atom stereocenters. The minimum absolute atomic E-state index is 0.369. The van der Waals surface area contributed by atoms with Crippen molar-refractivity contribution >= 4 is 0 Å².